The summed E-state index contributed by atoms with van der Waals surface area (Å²) in [5.41, 5.74) is 3.88. The minimum absolute atomic E-state index is 0.227. The van der Waals surface area contributed by atoms with Crippen molar-refractivity contribution in [2.24, 2.45) is 0 Å². The molecular formula is C24H21N3O3. The number of anilines is 1. The fourth-order valence-electron chi connectivity index (χ4n) is 3.78. The van der Waals surface area contributed by atoms with Gasteiger partial charge in [0.15, 0.2) is 6.61 Å². The first-order valence-corrected chi connectivity index (χ1v) is 9.85. The number of ether oxygens (including phenoxy) is 1. The molecule has 6 heteroatoms. The Morgan fingerprint density at radius 3 is 2.80 bits per heavy atom. The minimum Gasteiger partial charge on any atom is -0.452 e. The zero-order chi connectivity index (χ0) is 20.9. The van der Waals surface area contributed by atoms with Gasteiger partial charge in [0, 0.05) is 47.5 Å². The number of esters is 1. The third-order valence-corrected chi connectivity index (χ3v) is 5.21. The van der Waals surface area contributed by atoms with E-state index in [0.29, 0.717) is 19.5 Å². The molecule has 150 valence electrons. The number of rotatable bonds is 6. The van der Waals surface area contributed by atoms with E-state index < -0.39 is 5.97 Å². The number of amides is 1. The second kappa shape index (κ2) is 8.66. The maximum absolute atomic E-state index is 12.5. The Labute approximate surface area is 174 Å². The Hall–Kier alpha value is -3.85. The standard InChI is InChI=1S/C24H21N3O3/c25-13-5-14-26-16-19(20-7-2-4-9-22(20)26)10-11-24(29)30-17-23(28)27-15-12-18-6-1-3-8-21(18)27/h1-4,6-11,16H,5,12,14-15,17H2/b11-10+. The molecule has 4 rings (SSSR count). The molecule has 1 aliphatic rings. The quantitative estimate of drug-likeness (QED) is 0.468. The van der Waals surface area contributed by atoms with Crippen molar-refractivity contribution < 1.29 is 14.3 Å². The molecule has 0 fully saturated rings. The summed E-state index contributed by atoms with van der Waals surface area (Å²) >= 11 is 0. The van der Waals surface area contributed by atoms with Crippen LogP contribution in [0.25, 0.3) is 17.0 Å². The van der Waals surface area contributed by atoms with Gasteiger partial charge in [-0.15, -0.1) is 0 Å². The van der Waals surface area contributed by atoms with Crippen LogP contribution in [0.4, 0.5) is 5.69 Å². The van der Waals surface area contributed by atoms with Crippen molar-refractivity contribution in [3.05, 3.63) is 71.9 Å². The van der Waals surface area contributed by atoms with Crippen LogP contribution in [0, 0.1) is 11.3 Å². The molecule has 2 aromatic carbocycles. The first-order valence-electron chi connectivity index (χ1n) is 9.85. The van der Waals surface area contributed by atoms with Crippen LogP contribution in [-0.4, -0.2) is 29.6 Å². The lowest BCUT2D eigenvalue weighted by Crippen LogP contribution is -2.33. The molecular weight excluding hydrogens is 378 g/mol. The number of aryl methyl sites for hydroxylation is 1. The van der Waals surface area contributed by atoms with Crippen molar-refractivity contribution in [2.75, 3.05) is 18.1 Å². The number of aromatic nitrogens is 1. The summed E-state index contributed by atoms with van der Waals surface area (Å²) < 4.78 is 7.17. The van der Waals surface area contributed by atoms with Gasteiger partial charge in [-0.3, -0.25) is 4.79 Å². The van der Waals surface area contributed by atoms with Crippen molar-refractivity contribution in [3.63, 3.8) is 0 Å². The maximum atomic E-state index is 12.5. The van der Waals surface area contributed by atoms with Gasteiger partial charge in [0.05, 0.1) is 12.5 Å². The average Bonchev–Trinajstić information content (AvgIpc) is 3.36. The summed E-state index contributed by atoms with van der Waals surface area (Å²) in [7, 11) is 0. The number of hydrogen-bond acceptors (Lipinski definition) is 4. The Balaban J connectivity index is 1.40. The predicted molar refractivity (Wildman–Crippen MR) is 115 cm³/mol. The number of nitrogens with zero attached hydrogens (tertiary/aromatic N) is 3. The molecule has 0 saturated heterocycles. The minimum atomic E-state index is -0.565. The number of benzene rings is 2. The lowest BCUT2D eigenvalue weighted by Gasteiger charge is -2.16. The molecule has 2 heterocycles. The van der Waals surface area contributed by atoms with Crippen LogP contribution >= 0.6 is 0 Å². The summed E-state index contributed by atoms with van der Waals surface area (Å²) in [5, 5.41) is 9.84. The van der Waals surface area contributed by atoms with Crippen LogP contribution < -0.4 is 4.90 Å². The van der Waals surface area contributed by atoms with E-state index in [9.17, 15) is 9.59 Å². The van der Waals surface area contributed by atoms with Gasteiger partial charge < -0.3 is 14.2 Å². The molecule has 0 atom stereocenters. The van der Waals surface area contributed by atoms with Gasteiger partial charge in [-0.1, -0.05) is 36.4 Å². The monoisotopic (exact) mass is 399 g/mol. The lowest BCUT2D eigenvalue weighted by atomic mass is 10.1. The smallest absolute Gasteiger partial charge is 0.331 e. The van der Waals surface area contributed by atoms with Crippen LogP contribution in [-0.2, 0) is 27.3 Å². The van der Waals surface area contributed by atoms with Gasteiger partial charge in [-0.25, -0.2) is 4.79 Å². The topological polar surface area (TPSA) is 75.3 Å². The van der Waals surface area contributed by atoms with E-state index in [-0.39, 0.29) is 12.5 Å². The Morgan fingerprint density at radius 1 is 1.13 bits per heavy atom. The molecule has 0 unspecified atom stereocenters. The number of fused-ring (bicyclic) bond motifs is 2. The first-order chi connectivity index (χ1) is 14.7. The van der Waals surface area contributed by atoms with E-state index in [2.05, 4.69) is 6.07 Å². The second-order valence-corrected chi connectivity index (χ2v) is 7.07. The highest BCUT2D eigenvalue weighted by Crippen LogP contribution is 2.27. The molecule has 0 aliphatic carbocycles. The summed E-state index contributed by atoms with van der Waals surface area (Å²) in [6, 6.07) is 17.7. The summed E-state index contributed by atoms with van der Waals surface area (Å²) in [6.45, 7) is 0.899. The number of carbonyl (C=O) groups excluding carboxylic acids is 2. The summed E-state index contributed by atoms with van der Waals surface area (Å²) in [6.07, 6.45) is 6.15. The van der Waals surface area contributed by atoms with Crippen molar-refractivity contribution in [1.82, 2.24) is 4.57 Å². The number of carbonyl (C=O) groups is 2. The van der Waals surface area contributed by atoms with E-state index in [1.54, 1.807) is 11.0 Å². The number of nitriles is 1. The van der Waals surface area contributed by atoms with Crippen LogP contribution in [0.15, 0.2) is 60.8 Å². The van der Waals surface area contributed by atoms with Crippen LogP contribution in [0.2, 0.25) is 0 Å². The molecule has 1 aromatic heterocycles. The molecule has 0 bridgehead atoms. The van der Waals surface area contributed by atoms with Gasteiger partial charge in [0.25, 0.3) is 5.91 Å². The molecule has 6 nitrogen and oxygen atoms in total. The van der Waals surface area contributed by atoms with Crippen molar-refractivity contribution in [2.45, 2.75) is 19.4 Å². The van der Waals surface area contributed by atoms with Crippen molar-refractivity contribution in [3.8, 4) is 6.07 Å². The molecule has 30 heavy (non-hydrogen) atoms. The summed E-state index contributed by atoms with van der Waals surface area (Å²) in [5.74, 6) is -0.792. The van der Waals surface area contributed by atoms with Crippen LogP contribution in [0.3, 0.4) is 0 Å². The van der Waals surface area contributed by atoms with Gasteiger partial charge in [-0.2, -0.15) is 5.26 Å². The highest BCUT2D eigenvalue weighted by atomic mass is 16.5. The van der Waals surface area contributed by atoms with Crippen molar-refractivity contribution in [1.29, 1.82) is 5.26 Å². The normalized spacial score (nSPS) is 12.8. The molecule has 0 spiro atoms. The fourth-order valence-corrected chi connectivity index (χ4v) is 3.78. The molecule has 3 aromatic rings. The SMILES string of the molecule is N#CCCn1cc(/C=C/C(=O)OCC(=O)N2CCc3ccccc32)c2ccccc21. The van der Waals surface area contributed by atoms with Gasteiger partial charge in [0.2, 0.25) is 0 Å². The van der Waals surface area contributed by atoms with E-state index in [1.165, 1.54) is 6.08 Å². The third kappa shape index (κ3) is 3.96. The largest absolute Gasteiger partial charge is 0.452 e. The van der Waals surface area contributed by atoms with Gasteiger partial charge in [-0.05, 0) is 30.2 Å². The first kappa shape index (κ1) is 19.5. The van der Waals surface area contributed by atoms with E-state index >= 15 is 0 Å². The van der Waals surface area contributed by atoms with Crippen molar-refractivity contribution >= 4 is 34.5 Å². The van der Waals surface area contributed by atoms with Crippen LogP contribution in [0.1, 0.15) is 17.5 Å². The van der Waals surface area contributed by atoms with Gasteiger partial charge >= 0.3 is 5.97 Å². The maximum Gasteiger partial charge on any atom is 0.331 e. The molecule has 0 saturated carbocycles. The van der Waals surface area contributed by atoms with Gasteiger partial charge in [0.1, 0.15) is 0 Å². The Kier molecular flexibility index (Phi) is 5.62. The predicted octanol–water partition coefficient (Wildman–Crippen LogP) is 3.70. The third-order valence-electron chi connectivity index (χ3n) is 5.21. The molecule has 0 radical (unpaired) electrons. The van der Waals surface area contributed by atoms with E-state index in [0.717, 1.165) is 34.1 Å². The second-order valence-electron chi connectivity index (χ2n) is 7.07. The van der Waals surface area contributed by atoms with Crippen LogP contribution in [0.5, 0.6) is 0 Å². The number of para-hydroxylation sites is 2. The Morgan fingerprint density at radius 2 is 1.93 bits per heavy atom. The molecule has 1 amide bonds. The zero-order valence-corrected chi connectivity index (χ0v) is 16.5. The zero-order valence-electron chi connectivity index (χ0n) is 16.5. The summed E-state index contributed by atoms with van der Waals surface area (Å²) in [4.78, 5) is 26.3. The highest BCUT2D eigenvalue weighted by Gasteiger charge is 2.24. The molecule has 0 N–H and O–H groups in total. The average molecular weight is 399 g/mol. The lowest BCUT2D eigenvalue weighted by molar-refractivity contribution is -0.142. The fraction of sp³-hybridized carbons (Fsp3) is 0.208. The highest BCUT2D eigenvalue weighted by molar-refractivity contribution is 5.99. The van der Waals surface area contributed by atoms with E-state index in [1.807, 2.05) is 59.3 Å². The molecule has 1 aliphatic heterocycles. The number of hydrogen-bond donors (Lipinski definition) is 0. The van der Waals surface area contributed by atoms with E-state index in [4.69, 9.17) is 10.00 Å². The Bertz CT molecular complexity index is 1170.